The van der Waals surface area contributed by atoms with E-state index in [1.807, 2.05) is 6.20 Å². The number of piperidine rings is 1. The first-order valence-electron chi connectivity index (χ1n) is 9.83. The second-order valence-electron chi connectivity index (χ2n) is 7.71. The van der Waals surface area contributed by atoms with Gasteiger partial charge in [-0.15, -0.1) is 11.3 Å². The summed E-state index contributed by atoms with van der Waals surface area (Å²) >= 11 is 1.71. The molecule has 0 amide bonds. The van der Waals surface area contributed by atoms with E-state index in [1.54, 1.807) is 11.3 Å². The highest BCUT2D eigenvalue weighted by Crippen LogP contribution is 2.29. The maximum Gasteiger partial charge on any atom is 0.211 e. The maximum atomic E-state index is 5.56. The molecular weight excluding hydrogens is 358 g/mol. The fourth-order valence-electron chi connectivity index (χ4n) is 4.23. The molecule has 2 saturated heterocycles. The Morgan fingerprint density at radius 2 is 2.00 bits per heavy atom. The van der Waals surface area contributed by atoms with Crippen LogP contribution in [-0.2, 0) is 22.6 Å². The Bertz CT molecular complexity index is 717. The quantitative estimate of drug-likeness (QED) is 0.758. The van der Waals surface area contributed by atoms with Crippen molar-refractivity contribution in [1.82, 2.24) is 14.8 Å². The van der Waals surface area contributed by atoms with Gasteiger partial charge in [-0.1, -0.05) is 37.3 Å². The molecule has 2 aliphatic heterocycles. The number of hydrogen-bond donors (Lipinski definition) is 0. The SMILES string of the molecule is C[C@H]1CN(Cc2ccccc2)CC[C@@H]1N(C)Cc1cnc(C2OCCO2)s1. The lowest BCUT2D eigenvalue weighted by Gasteiger charge is -2.41. The van der Waals surface area contributed by atoms with Crippen LogP contribution in [-0.4, -0.2) is 54.2 Å². The lowest BCUT2D eigenvalue weighted by Crippen LogP contribution is -2.48. The van der Waals surface area contributed by atoms with E-state index < -0.39 is 0 Å². The summed E-state index contributed by atoms with van der Waals surface area (Å²) in [6.07, 6.45) is 2.94. The van der Waals surface area contributed by atoms with E-state index in [-0.39, 0.29) is 6.29 Å². The topological polar surface area (TPSA) is 37.8 Å². The molecule has 2 aromatic rings. The molecule has 146 valence electrons. The Labute approximate surface area is 165 Å². The number of rotatable bonds is 6. The lowest BCUT2D eigenvalue weighted by molar-refractivity contribution is -0.0442. The van der Waals surface area contributed by atoms with Gasteiger partial charge >= 0.3 is 0 Å². The summed E-state index contributed by atoms with van der Waals surface area (Å²) in [6, 6.07) is 11.4. The summed E-state index contributed by atoms with van der Waals surface area (Å²) < 4.78 is 11.1. The van der Waals surface area contributed by atoms with Crippen molar-refractivity contribution in [2.45, 2.75) is 38.8 Å². The van der Waals surface area contributed by atoms with E-state index in [1.165, 1.54) is 16.9 Å². The van der Waals surface area contributed by atoms with Crippen LogP contribution in [0, 0.1) is 5.92 Å². The highest BCUT2D eigenvalue weighted by Gasteiger charge is 2.29. The van der Waals surface area contributed by atoms with Crippen LogP contribution in [0.25, 0.3) is 0 Å². The first kappa shape index (κ1) is 19.0. The van der Waals surface area contributed by atoms with Gasteiger partial charge < -0.3 is 9.47 Å². The minimum atomic E-state index is -0.255. The second kappa shape index (κ2) is 8.80. The normalized spacial score (nSPS) is 24.7. The largest absolute Gasteiger partial charge is 0.344 e. The Morgan fingerprint density at radius 3 is 2.74 bits per heavy atom. The van der Waals surface area contributed by atoms with Gasteiger partial charge in [0.05, 0.1) is 13.2 Å². The monoisotopic (exact) mass is 387 g/mol. The van der Waals surface area contributed by atoms with Gasteiger partial charge in [0.2, 0.25) is 6.29 Å². The van der Waals surface area contributed by atoms with E-state index in [2.05, 4.69) is 59.1 Å². The first-order chi connectivity index (χ1) is 13.2. The predicted molar refractivity (Wildman–Crippen MR) is 108 cm³/mol. The van der Waals surface area contributed by atoms with E-state index in [0.717, 1.165) is 31.2 Å². The van der Waals surface area contributed by atoms with Crippen molar-refractivity contribution in [2.75, 3.05) is 33.4 Å². The molecule has 0 radical (unpaired) electrons. The van der Waals surface area contributed by atoms with Crippen LogP contribution in [0.1, 0.15) is 35.1 Å². The Balaban J connectivity index is 1.30. The average Bonchev–Trinajstić information content (AvgIpc) is 3.34. The molecule has 0 aliphatic carbocycles. The Morgan fingerprint density at radius 1 is 1.22 bits per heavy atom. The number of benzene rings is 1. The molecule has 2 aliphatic rings. The number of nitrogens with zero attached hydrogens (tertiary/aromatic N) is 3. The van der Waals surface area contributed by atoms with Gasteiger partial charge in [-0.2, -0.15) is 0 Å². The van der Waals surface area contributed by atoms with E-state index in [9.17, 15) is 0 Å². The van der Waals surface area contributed by atoms with Gasteiger partial charge in [-0.25, -0.2) is 4.98 Å². The smallest absolute Gasteiger partial charge is 0.211 e. The van der Waals surface area contributed by atoms with Gasteiger partial charge in [-0.05, 0) is 31.5 Å². The molecule has 27 heavy (non-hydrogen) atoms. The van der Waals surface area contributed by atoms with Crippen molar-refractivity contribution >= 4 is 11.3 Å². The summed E-state index contributed by atoms with van der Waals surface area (Å²) in [6.45, 7) is 8.03. The number of hydrogen-bond acceptors (Lipinski definition) is 6. The van der Waals surface area contributed by atoms with Crippen LogP contribution in [0.4, 0.5) is 0 Å². The van der Waals surface area contributed by atoms with Gasteiger partial charge in [-0.3, -0.25) is 9.80 Å². The van der Waals surface area contributed by atoms with Crippen LogP contribution in [0.3, 0.4) is 0 Å². The third-order valence-corrected chi connectivity index (χ3v) is 6.56. The number of likely N-dealkylation sites (tertiary alicyclic amines) is 1. The highest BCUT2D eigenvalue weighted by atomic mass is 32.1. The zero-order valence-corrected chi connectivity index (χ0v) is 17.0. The lowest BCUT2D eigenvalue weighted by atomic mass is 9.92. The molecule has 4 rings (SSSR count). The van der Waals surface area contributed by atoms with Crippen LogP contribution in [0.15, 0.2) is 36.5 Å². The van der Waals surface area contributed by atoms with Gasteiger partial charge in [0.25, 0.3) is 0 Å². The minimum Gasteiger partial charge on any atom is -0.344 e. The van der Waals surface area contributed by atoms with Crippen molar-refractivity contribution in [1.29, 1.82) is 0 Å². The van der Waals surface area contributed by atoms with Crippen LogP contribution in [0.2, 0.25) is 0 Å². The zero-order valence-electron chi connectivity index (χ0n) is 16.2. The predicted octanol–water partition coefficient (Wildman–Crippen LogP) is 3.53. The molecule has 5 nitrogen and oxygen atoms in total. The Kier molecular flexibility index (Phi) is 6.20. The molecule has 0 N–H and O–H groups in total. The van der Waals surface area contributed by atoms with E-state index in [0.29, 0.717) is 25.2 Å². The fraction of sp³-hybridized carbons (Fsp3) is 0.571. The van der Waals surface area contributed by atoms with Crippen LogP contribution >= 0.6 is 11.3 Å². The van der Waals surface area contributed by atoms with Crippen LogP contribution < -0.4 is 0 Å². The standard InChI is InChI=1S/C21H29N3O2S/c1-16-13-24(14-17-6-4-3-5-7-17)9-8-19(16)23(2)15-18-12-22-20(27-18)21-25-10-11-26-21/h3-7,12,16,19,21H,8-11,13-15H2,1-2H3/t16-,19-/m0/s1. The number of thiazole rings is 1. The molecule has 2 atom stereocenters. The molecule has 0 unspecified atom stereocenters. The van der Waals surface area contributed by atoms with Crippen molar-refractivity contribution in [3.8, 4) is 0 Å². The molecule has 2 fully saturated rings. The third-order valence-electron chi connectivity index (χ3n) is 5.56. The fourth-order valence-corrected chi connectivity index (χ4v) is 5.21. The summed E-state index contributed by atoms with van der Waals surface area (Å²) in [5.74, 6) is 0.654. The summed E-state index contributed by atoms with van der Waals surface area (Å²) in [4.78, 5) is 10.9. The summed E-state index contributed by atoms with van der Waals surface area (Å²) in [5, 5.41) is 0.946. The molecule has 1 aromatic heterocycles. The second-order valence-corrected chi connectivity index (χ2v) is 8.85. The average molecular weight is 388 g/mol. The first-order valence-corrected chi connectivity index (χ1v) is 10.6. The van der Waals surface area contributed by atoms with E-state index >= 15 is 0 Å². The molecular formula is C21H29N3O2S. The van der Waals surface area contributed by atoms with Gasteiger partial charge in [0, 0.05) is 36.8 Å². The van der Waals surface area contributed by atoms with E-state index in [4.69, 9.17) is 9.47 Å². The van der Waals surface area contributed by atoms with Crippen molar-refractivity contribution in [2.24, 2.45) is 5.92 Å². The minimum absolute atomic E-state index is 0.255. The summed E-state index contributed by atoms with van der Waals surface area (Å²) in [5.41, 5.74) is 1.41. The molecule has 0 bridgehead atoms. The molecule has 3 heterocycles. The highest BCUT2D eigenvalue weighted by molar-refractivity contribution is 7.11. The van der Waals surface area contributed by atoms with Crippen LogP contribution in [0.5, 0.6) is 0 Å². The third kappa shape index (κ3) is 4.76. The molecule has 1 aromatic carbocycles. The number of aromatic nitrogens is 1. The maximum absolute atomic E-state index is 5.56. The number of ether oxygens (including phenoxy) is 2. The molecule has 0 spiro atoms. The van der Waals surface area contributed by atoms with Gasteiger partial charge in [0.15, 0.2) is 0 Å². The van der Waals surface area contributed by atoms with Crippen molar-refractivity contribution in [3.05, 3.63) is 52.0 Å². The Hall–Kier alpha value is -1.31. The molecule has 6 heteroatoms. The molecule has 0 saturated carbocycles. The van der Waals surface area contributed by atoms with Crippen molar-refractivity contribution < 1.29 is 9.47 Å². The summed E-state index contributed by atoms with van der Waals surface area (Å²) in [7, 11) is 2.25. The zero-order chi connectivity index (χ0) is 18.6. The van der Waals surface area contributed by atoms with Gasteiger partial charge in [0.1, 0.15) is 5.01 Å². The van der Waals surface area contributed by atoms with Crippen molar-refractivity contribution in [3.63, 3.8) is 0 Å².